The maximum atomic E-state index is 13.3. The molecule has 1 aliphatic rings. The standard InChI is InChI=1S/C16H17F2N3O3S/c17-14-2-1-13(10-15(14)18)25(23,24)21-7-5-20(6-8-21)16(22)9-12-3-4-19-11-12/h1-4,10-11,19H,5-9H2. The van der Waals surface area contributed by atoms with Gasteiger partial charge in [-0.05, 0) is 29.8 Å². The van der Waals surface area contributed by atoms with E-state index in [9.17, 15) is 22.0 Å². The van der Waals surface area contributed by atoms with Crippen LogP contribution in [0.5, 0.6) is 0 Å². The number of nitrogens with one attached hydrogen (secondary N) is 1. The molecule has 1 aromatic carbocycles. The van der Waals surface area contributed by atoms with E-state index in [1.54, 1.807) is 17.3 Å². The fourth-order valence-electron chi connectivity index (χ4n) is 2.72. The summed E-state index contributed by atoms with van der Waals surface area (Å²) in [6.07, 6.45) is 3.72. The van der Waals surface area contributed by atoms with Crippen LogP contribution in [0.1, 0.15) is 5.56 Å². The van der Waals surface area contributed by atoms with Gasteiger partial charge < -0.3 is 9.88 Å². The van der Waals surface area contributed by atoms with Gasteiger partial charge in [0.25, 0.3) is 0 Å². The maximum absolute atomic E-state index is 13.3. The highest BCUT2D eigenvalue weighted by molar-refractivity contribution is 7.89. The maximum Gasteiger partial charge on any atom is 0.243 e. The van der Waals surface area contributed by atoms with Gasteiger partial charge >= 0.3 is 0 Å². The lowest BCUT2D eigenvalue weighted by Crippen LogP contribution is -2.50. The van der Waals surface area contributed by atoms with Crippen LogP contribution in [0.3, 0.4) is 0 Å². The first kappa shape index (κ1) is 17.6. The summed E-state index contributed by atoms with van der Waals surface area (Å²) in [6, 6.07) is 4.31. The van der Waals surface area contributed by atoms with Crippen LogP contribution in [-0.4, -0.2) is 54.7 Å². The van der Waals surface area contributed by atoms with Crippen molar-refractivity contribution in [2.75, 3.05) is 26.2 Å². The SMILES string of the molecule is O=C(Cc1cc[nH]c1)N1CCN(S(=O)(=O)c2ccc(F)c(F)c2)CC1. The van der Waals surface area contributed by atoms with Gasteiger partial charge in [0.2, 0.25) is 15.9 Å². The van der Waals surface area contributed by atoms with Crippen LogP contribution in [0.15, 0.2) is 41.6 Å². The van der Waals surface area contributed by atoms with Gasteiger partial charge in [0, 0.05) is 38.6 Å². The molecule has 25 heavy (non-hydrogen) atoms. The first-order valence-electron chi connectivity index (χ1n) is 7.72. The van der Waals surface area contributed by atoms with Crippen LogP contribution in [0, 0.1) is 11.6 Å². The summed E-state index contributed by atoms with van der Waals surface area (Å²) in [4.78, 5) is 16.4. The number of sulfonamides is 1. The second kappa shape index (κ2) is 6.93. The van der Waals surface area contributed by atoms with E-state index in [2.05, 4.69) is 4.98 Å². The van der Waals surface area contributed by atoms with Gasteiger partial charge in [-0.25, -0.2) is 17.2 Å². The average molecular weight is 369 g/mol. The first-order valence-corrected chi connectivity index (χ1v) is 9.16. The van der Waals surface area contributed by atoms with E-state index in [0.29, 0.717) is 6.07 Å². The molecular weight excluding hydrogens is 352 g/mol. The quantitative estimate of drug-likeness (QED) is 0.885. The van der Waals surface area contributed by atoms with Gasteiger partial charge in [0.1, 0.15) is 0 Å². The van der Waals surface area contributed by atoms with Crippen LogP contribution < -0.4 is 0 Å². The fourth-order valence-corrected chi connectivity index (χ4v) is 4.15. The summed E-state index contributed by atoms with van der Waals surface area (Å²) in [6.45, 7) is 0.735. The molecule has 0 spiro atoms. The van der Waals surface area contributed by atoms with Crippen molar-refractivity contribution in [2.24, 2.45) is 0 Å². The van der Waals surface area contributed by atoms with Gasteiger partial charge in [0.15, 0.2) is 11.6 Å². The van der Waals surface area contributed by atoms with Gasteiger partial charge in [-0.1, -0.05) is 0 Å². The number of piperazine rings is 1. The number of aromatic nitrogens is 1. The molecule has 2 heterocycles. The van der Waals surface area contributed by atoms with Crippen LogP contribution >= 0.6 is 0 Å². The van der Waals surface area contributed by atoms with E-state index in [1.807, 2.05) is 6.07 Å². The molecule has 0 saturated carbocycles. The smallest absolute Gasteiger partial charge is 0.243 e. The molecule has 1 fully saturated rings. The molecule has 1 saturated heterocycles. The predicted octanol–water partition coefficient (Wildman–Crippen LogP) is 1.37. The zero-order valence-corrected chi connectivity index (χ0v) is 14.1. The summed E-state index contributed by atoms with van der Waals surface area (Å²) in [7, 11) is -3.92. The third-order valence-corrected chi connectivity index (χ3v) is 6.03. The predicted molar refractivity (Wildman–Crippen MR) is 86.2 cm³/mol. The Kier molecular flexibility index (Phi) is 4.87. The minimum Gasteiger partial charge on any atom is -0.367 e. The zero-order valence-electron chi connectivity index (χ0n) is 13.3. The molecule has 0 atom stereocenters. The molecule has 2 aromatic rings. The van der Waals surface area contributed by atoms with Gasteiger partial charge in [-0.2, -0.15) is 4.31 Å². The van der Waals surface area contributed by atoms with E-state index in [1.165, 1.54) is 4.31 Å². The van der Waals surface area contributed by atoms with E-state index in [4.69, 9.17) is 0 Å². The molecule has 1 amide bonds. The number of rotatable bonds is 4. The molecule has 6 nitrogen and oxygen atoms in total. The summed E-state index contributed by atoms with van der Waals surface area (Å²) in [5, 5.41) is 0. The van der Waals surface area contributed by atoms with Gasteiger partial charge in [0.05, 0.1) is 11.3 Å². The number of amides is 1. The topological polar surface area (TPSA) is 73.5 Å². The number of carbonyl (C=O) groups is 1. The van der Waals surface area contributed by atoms with Crippen LogP contribution in [0.2, 0.25) is 0 Å². The lowest BCUT2D eigenvalue weighted by atomic mass is 10.2. The minimum absolute atomic E-state index is 0.0792. The van der Waals surface area contributed by atoms with Crippen molar-refractivity contribution in [3.8, 4) is 0 Å². The number of hydrogen-bond acceptors (Lipinski definition) is 3. The van der Waals surface area contributed by atoms with Crippen molar-refractivity contribution in [1.82, 2.24) is 14.2 Å². The van der Waals surface area contributed by atoms with Crippen molar-refractivity contribution in [2.45, 2.75) is 11.3 Å². The third-order valence-electron chi connectivity index (χ3n) is 4.14. The summed E-state index contributed by atoms with van der Waals surface area (Å²) < 4.78 is 52.5. The molecule has 1 aromatic heterocycles. The molecule has 0 radical (unpaired) electrons. The number of H-pyrrole nitrogens is 1. The lowest BCUT2D eigenvalue weighted by Gasteiger charge is -2.34. The molecule has 0 bridgehead atoms. The van der Waals surface area contributed by atoms with Crippen LogP contribution in [0.4, 0.5) is 8.78 Å². The van der Waals surface area contributed by atoms with Crippen molar-refractivity contribution < 1.29 is 22.0 Å². The third kappa shape index (κ3) is 3.72. The second-order valence-electron chi connectivity index (χ2n) is 5.76. The molecule has 1 aliphatic heterocycles. The summed E-state index contributed by atoms with van der Waals surface area (Å²) in [5.74, 6) is -2.38. The first-order chi connectivity index (χ1) is 11.9. The number of hydrogen-bond donors (Lipinski definition) is 1. The number of benzene rings is 1. The van der Waals surface area contributed by atoms with Crippen LogP contribution in [-0.2, 0) is 21.2 Å². The minimum atomic E-state index is -3.92. The number of halogens is 2. The van der Waals surface area contributed by atoms with E-state index >= 15 is 0 Å². The lowest BCUT2D eigenvalue weighted by molar-refractivity contribution is -0.131. The second-order valence-corrected chi connectivity index (χ2v) is 7.69. The number of aromatic amines is 1. The Morgan fingerprint density at radius 3 is 2.40 bits per heavy atom. The number of carbonyl (C=O) groups excluding carboxylic acids is 1. The van der Waals surface area contributed by atoms with E-state index in [0.717, 1.165) is 17.7 Å². The monoisotopic (exact) mass is 369 g/mol. The Balaban J connectivity index is 1.64. The Bertz CT molecular complexity index is 861. The molecule has 3 rings (SSSR count). The number of nitrogens with zero attached hydrogens (tertiary/aromatic N) is 2. The van der Waals surface area contributed by atoms with E-state index in [-0.39, 0.29) is 43.4 Å². The average Bonchev–Trinajstić information content (AvgIpc) is 3.10. The Morgan fingerprint density at radius 2 is 1.80 bits per heavy atom. The van der Waals surface area contributed by atoms with Crippen molar-refractivity contribution in [3.05, 3.63) is 53.9 Å². The highest BCUT2D eigenvalue weighted by atomic mass is 32.2. The molecule has 0 aliphatic carbocycles. The normalized spacial score (nSPS) is 16.2. The zero-order chi connectivity index (χ0) is 18.0. The highest BCUT2D eigenvalue weighted by Gasteiger charge is 2.30. The van der Waals surface area contributed by atoms with Gasteiger partial charge in [-0.15, -0.1) is 0 Å². The Labute approximate surface area is 144 Å². The Morgan fingerprint density at radius 1 is 1.08 bits per heavy atom. The summed E-state index contributed by atoms with van der Waals surface area (Å²) in [5.41, 5.74) is 0.863. The van der Waals surface area contributed by atoms with E-state index < -0.39 is 21.7 Å². The molecule has 1 N–H and O–H groups in total. The fraction of sp³-hybridized carbons (Fsp3) is 0.312. The van der Waals surface area contributed by atoms with Crippen molar-refractivity contribution >= 4 is 15.9 Å². The summed E-state index contributed by atoms with van der Waals surface area (Å²) >= 11 is 0. The largest absolute Gasteiger partial charge is 0.367 e. The van der Waals surface area contributed by atoms with Crippen molar-refractivity contribution in [3.63, 3.8) is 0 Å². The molecule has 0 unspecified atom stereocenters. The Hall–Kier alpha value is -2.26. The van der Waals surface area contributed by atoms with Crippen molar-refractivity contribution in [1.29, 1.82) is 0 Å². The molecule has 9 heteroatoms. The van der Waals surface area contributed by atoms with Crippen LogP contribution in [0.25, 0.3) is 0 Å². The molecular formula is C16H17F2N3O3S. The molecule has 134 valence electrons. The highest BCUT2D eigenvalue weighted by Crippen LogP contribution is 2.20. The van der Waals surface area contributed by atoms with Gasteiger partial charge in [-0.3, -0.25) is 4.79 Å².